The van der Waals surface area contributed by atoms with Gasteiger partial charge in [0.2, 0.25) is 11.5 Å². The quantitative estimate of drug-likeness (QED) is 0.0507. The molecule has 0 saturated carbocycles. The molecule has 2 fully saturated rings. The number of carbonyl (C=O) groups is 2. The third-order valence-electron chi connectivity index (χ3n) is 9.42. The van der Waals surface area contributed by atoms with Crippen molar-refractivity contribution in [2.24, 2.45) is 0 Å². The van der Waals surface area contributed by atoms with Crippen molar-refractivity contribution in [1.82, 2.24) is 0 Å². The Labute approximate surface area is 376 Å². The van der Waals surface area contributed by atoms with Crippen molar-refractivity contribution in [2.45, 2.75) is 67.3 Å². The minimum absolute atomic E-state index is 0.106. The van der Waals surface area contributed by atoms with Gasteiger partial charge in [-0.1, -0.05) is 27.0 Å². The summed E-state index contributed by atoms with van der Waals surface area (Å²) < 4.78 is 49.1. The molecule has 2 unspecified atom stereocenters. The van der Waals surface area contributed by atoms with Crippen LogP contribution in [-0.4, -0.2) is 121 Å². The fourth-order valence-corrected chi connectivity index (χ4v) is 14.2. The van der Waals surface area contributed by atoms with Gasteiger partial charge in [-0.2, -0.15) is 23.5 Å². The average Bonchev–Trinajstić information content (AvgIpc) is 3.96. The van der Waals surface area contributed by atoms with Crippen LogP contribution >= 0.6 is 70.6 Å². The maximum absolute atomic E-state index is 12.6. The van der Waals surface area contributed by atoms with Gasteiger partial charge in [0.05, 0.1) is 37.6 Å². The van der Waals surface area contributed by atoms with Gasteiger partial charge in [0.1, 0.15) is 25.4 Å². The lowest BCUT2D eigenvalue weighted by Gasteiger charge is -2.29. The Hall–Kier alpha value is -2.24. The molecule has 0 bridgehead atoms. The van der Waals surface area contributed by atoms with Crippen LogP contribution in [0.5, 0.6) is 34.5 Å². The summed E-state index contributed by atoms with van der Waals surface area (Å²) in [5.74, 6) is 9.68. The number of benzene rings is 2. The Bertz CT molecular complexity index is 1540. The zero-order chi connectivity index (χ0) is 43.0. The van der Waals surface area contributed by atoms with Gasteiger partial charge in [-0.3, -0.25) is 0 Å². The summed E-state index contributed by atoms with van der Waals surface area (Å²) >= 11 is 11.6. The van der Waals surface area contributed by atoms with Gasteiger partial charge in [-0.05, 0) is 73.6 Å². The fourth-order valence-electron chi connectivity index (χ4n) is 5.96. The van der Waals surface area contributed by atoms with Crippen molar-refractivity contribution in [3.63, 3.8) is 0 Å². The summed E-state index contributed by atoms with van der Waals surface area (Å²) in [5, 5.41) is 0. The molecule has 0 spiro atoms. The molecule has 0 N–H and O–H groups in total. The highest BCUT2D eigenvalue weighted by molar-refractivity contribution is 8.20. The van der Waals surface area contributed by atoms with E-state index in [1.54, 1.807) is 65.8 Å². The molecule has 0 amide bonds. The molecule has 16 heteroatoms. The molecule has 0 radical (unpaired) electrons. The summed E-state index contributed by atoms with van der Waals surface area (Å²) in [6.07, 6.45) is 1.18. The van der Waals surface area contributed by atoms with Gasteiger partial charge in [0.25, 0.3) is 0 Å². The van der Waals surface area contributed by atoms with Crippen molar-refractivity contribution in [2.75, 3.05) is 87.7 Å². The summed E-state index contributed by atoms with van der Waals surface area (Å²) in [4.78, 5) is 25.2. The lowest BCUT2D eigenvalue weighted by Crippen LogP contribution is -2.28. The molecule has 0 aromatic heterocycles. The molecule has 2 heterocycles. The van der Waals surface area contributed by atoms with Crippen LogP contribution in [0.25, 0.3) is 0 Å². The molecule has 328 valence electrons. The predicted octanol–water partition coefficient (Wildman–Crippen LogP) is 9.64. The van der Waals surface area contributed by atoms with E-state index in [1.807, 2.05) is 71.3 Å². The fraction of sp³-hybridized carbons (Fsp3) is 0.581. The molecule has 2 aliphatic rings. The Morgan fingerprint density at radius 3 is 1.25 bits per heavy atom. The first-order chi connectivity index (χ1) is 28.3. The predicted molar refractivity (Wildman–Crippen MR) is 253 cm³/mol. The molecule has 2 aromatic carbocycles. The summed E-state index contributed by atoms with van der Waals surface area (Å²) in [7, 11) is 6.32. The summed E-state index contributed by atoms with van der Waals surface area (Å²) in [6.45, 7) is 15.2. The lowest BCUT2D eigenvalue weighted by atomic mass is 9.77. The number of rotatable bonds is 26. The highest BCUT2D eigenvalue weighted by Crippen LogP contribution is 2.47. The maximum atomic E-state index is 12.6. The number of hydrogen-bond acceptors (Lipinski definition) is 16. The number of methoxy groups -OCH3 is 4. The normalized spacial score (nSPS) is 15.6. The monoisotopic (exact) mass is 928 g/mol. The van der Waals surface area contributed by atoms with E-state index < -0.39 is 29.6 Å². The molecular weight excluding hydrogens is 869 g/mol. The van der Waals surface area contributed by atoms with Gasteiger partial charge >= 0.3 is 11.9 Å². The molecule has 2 saturated heterocycles. The van der Waals surface area contributed by atoms with Gasteiger partial charge in [-0.25, -0.2) is 9.59 Å². The van der Waals surface area contributed by atoms with Crippen molar-refractivity contribution in [1.29, 1.82) is 0 Å². The first-order valence-electron chi connectivity index (χ1n) is 19.4. The maximum Gasteiger partial charge on any atom is 0.333 e. The van der Waals surface area contributed by atoms with Crippen LogP contribution in [0.1, 0.15) is 51.7 Å². The van der Waals surface area contributed by atoms with Gasteiger partial charge in [0.15, 0.2) is 23.0 Å². The average molecular weight is 929 g/mol. The van der Waals surface area contributed by atoms with E-state index in [0.717, 1.165) is 35.5 Å². The second-order valence-electron chi connectivity index (χ2n) is 14.4. The number of carbonyl (C=O) groups excluding carboxylic acids is 2. The van der Waals surface area contributed by atoms with E-state index >= 15 is 0 Å². The Kier molecular flexibility index (Phi) is 20.9. The first kappa shape index (κ1) is 49.4. The van der Waals surface area contributed by atoms with Crippen molar-refractivity contribution in [3.05, 3.63) is 59.7 Å². The first-order valence-corrected chi connectivity index (χ1v) is 25.9. The van der Waals surface area contributed by atoms with E-state index in [0.29, 0.717) is 66.3 Å². The molecule has 10 nitrogen and oxygen atoms in total. The minimum Gasteiger partial charge on any atom is -0.493 e. The Morgan fingerprint density at radius 2 is 0.966 bits per heavy atom. The minimum atomic E-state index is -0.629. The third kappa shape index (κ3) is 15.0. The van der Waals surface area contributed by atoms with E-state index in [1.165, 1.54) is 23.0 Å². The summed E-state index contributed by atoms with van der Waals surface area (Å²) in [6, 6.07) is 7.68. The largest absolute Gasteiger partial charge is 0.493 e. The highest BCUT2D eigenvalue weighted by Gasteiger charge is 2.31. The second-order valence-corrected chi connectivity index (χ2v) is 22.5. The van der Waals surface area contributed by atoms with Crippen molar-refractivity contribution < 1.29 is 47.5 Å². The second kappa shape index (κ2) is 25.0. The number of ether oxygens (including phenoxy) is 8. The smallest absolute Gasteiger partial charge is 0.333 e. The summed E-state index contributed by atoms with van der Waals surface area (Å²) in [5.41, 5.74) is 1.78. The molecular formula is C43H60O10S6. The van der Waals surface area contributed by atoms with Gasteiger partial charge in [0, 0.05) is 51.1 Å². The van der Waals surface area contributed by atoms with E-state index in [4.69, 9.17) is 37.9 Å². The molecule has 2 atom stereocenters. The lowest BCUT2D eigenvalue weighted by molar-refractivity contribution is -0.145. The van der Waals surface area contributed by atoms with Crippen LogP contribution in [0.2, 0.25) is 0 Å². The van der Waals surface area contributed by atoms with Crippen molar-refractivity contribution in [3.8, 4) is 34.5 Å². The zero-order valence-corrected chi connectivity index (χ0v) is 40.4. The van der Waals surface area contributed by atoms with E-state index in [2.05, 4.69) is 27.0 Å². The zero-order valence-electron chi connectivity index (χ0n) is 35.6. The third-order valence-corrected chi connectivity index (χ3v) is 18.0. The Morgan fingerprint density at radius 1 is 0.644 bits per heavy atom. The standard InChI is InChI=1S/C43H60O10S6/c1-27(2)41(44)52-31(25-54-13-11-37-56-15-16-57-37)23-50-39-33(46-7)19-29(20-34(39)47-8)43(5,6)30-21-35(48-9)40(36(22-30)49-10)51-24-32(53-42(45)28(3)4)26-55-14-12-38-58-17-18-59-38/h19-22,31-32,37-38H,1,3,11-18,23-26H2,2,4-10H3. The van der Waals surface area contributed by atoms with Crippen LogP contribution in [-0.2, 0) is 24.5 Å². The molecule has 4 rings (SSSR count). The topological polar surface area (TPSA) is 108 Å². The number of thioether (sulfide) groups is 6. The van der Waals surface area contributed by atoms with Crippen LogP contribution in [0.4, 0.5) is 0 Å². The molecule has 0 aliphatic carbocycles. The van der Waals surface area contributed by atoms with Gasteiger partial charge in [-0.15, -0.1) is 47.0 Å². The van der Waals surface area contributed by atoms with Crippen LogP contribution < -0.4 is 28.4 Å². The molecule has 59 heavy (non-hydrogen) atoms. The highest BCUT2D eigenvalue weighted by atomic mass is 32.2. The molecule has 2 aliphatic heterocycles. The van der Waals surface area contributed by atoms with Crippen molar-refractivity contribution >= 4 is 82.5 Å². The van der Waals surface area contributed by atoms with Crippen LogP contribution in [0, 0.1) is 0 Å². The van der Waals surface area contributed by atoms with E-state index in [9.17, 15) is 9.59 Å². The van der Waals surface area contributed by atoms with E-state index in [-0.39, 0.29) is 13.2 Å². The Balaban J connectivity index is 1.52. The number of hydrogen-bond donors (Lipinski definition) is 0. The van der Waals surface area contributed by atoms with Crippen LogP contribution in [0.15, 0.2) is 48.6 Å². The molecule has 2 aromatic rings. The SMILES string of the molecule is C=C(C)C(=O)OC(COc1c(OC)cc(C(C)(C)c2cc(OC)c(OCC(CSCCC3SCCS3)OC(=O)C(=C)C)c(OC)c2)cc1OC)CSCCC1SCCS1. The van der Waals surface area contributed by atoms with Gasteiger partial charge < -0.3 is 37.9 Å². The van der Waals surface area contributed by atoms with Crippen LogP contribution in [0.3, 0.4) is 0 Å². The number of esters is 2.